The Balaban J connectivity index is 1.20. The second-order valence-electron chi connectivity index (χ2n) is 7.60. The maximum atomic E-state index is 12.6. The minimum absolute atomic E-state index is 0.0285. The minimum atomic E-state index is -3.66. The lowest BCUT2D eigenvalue weighted by molar-refractivity contribution is -0.151. The number of hydrogen-bond acceptors (Lipinski definition) is 8. The average molecular weight is 452 g/mol. The van der Waals surface area contributed by atoms with Crippen molar-refractivity contribution in [1.29, 1.82) is 0 Å². The molecule has 1 aromatic heterocycles. The number of tetrazole rings is 1. The third-order valence-electron chi connectivity index (χ3n) is 5.62. The van der Waals surface area contributed by atoms with Crippen LogP contribution in [-0.4, -0.2) is 58.4 Å². The molecule has 0 amide bonds. The fourth-order valence-electron chi connectivity index (χ4n) is 3.96. The average Bonchev–Trinajstić information content (AvgIpc) is 3.40. The summed E-state index contributed by atoms with van der Waals surface area (Å²) in [5, 5.41) is 11.6. The molecule has 0 saturated carbocycles. The number of aromatic nitrogens is 4. The van der Waals surface area contributed by atoms with E-state index in [9.17, 15) is 13.2 Å². The predicted octanol–water partition coefficient (Wildman–Crippen LogP) is 1.57. The quantitative estimate of drug-likeness (QED) is 0.547. The number of para-hydroxylation sites is 1. The Labute approximate surface area is 184 Å². The number of rotatable bonds is 4. The molecule has 5 rings (SSSR count). The fraction of sp³-hybridized carbons (Fsp3) is 0.286. The van der Waals surface area contributed by atoms with Crippen LogP contribution in [0.2, 0.25) is 0 Å². The molecular formula is C21H20N6O4S. The number of benzene rings is 2. The Kier molecular flexibility index (Phi) is 5.17. The van der Waals surface area contributed by atoms with Crippen molar-refractivity contribution in [3.8, 4) is 5.69 Å². The smallest absolute Gasteiger partial charge is 0.309 e. The molecule has 1 saturated heterocycles. The Morgan fingerprint density at radius 2 is 1.75 bits per heavy atom. The molecular weight excluding hydrogens is 432 g/mol. The number of carbonyl (C=O) groups excluding carboxylic acids is 1. The molecule has 0 N–H and O–H groups in total. The first-order chi connectivity index (χ1) is 15.5. The molecule has 0 atom stereocenters. The van der Waals surface area contributed by atoms with Gasteiger partial charge in [-0.05, 0) is 47.5 Å². The van der Waals surface area contributed by atoms with E-state index in [0.29, 0.717) is 43.2 Å². The topological polar surface area (TPSA) is 120 Å². The van der Waals surface area contributed by atoms with Crippen molar-refractivity contribution in [3.63, 3.8) is 0 Å². The molecule has 0 aliphatic carbocycles. The number of sulfonamides is 1. The number of nitrogens with zero attached hydrogens (tertiary/aromatic N) is 6. The molecule has 0 spiro atoms. The number of carbonyl (C=O) groups is 1. The highest BCUT2D eigenvalue weighted by atomic mass is 32.2. The van der Waals surface area contributed by atoms with Gasteiger partial charge in [-0.15, -0.1) is 9.50 Å². The standard InChI is InChI=1S/C21H20N6O4S/c28-21(31-14-19-22-24-25-27(19)16-6-2-1-3-7-16)15-10-12-26(13-11-15)20-17-8-4-5-9-18(17)32(29,30)23-20/h1-9,15H,10-14H2. The summed E-state index contributed by atoms with van der Waals surface area (Å²) < 4.78 is 35.6. The number of esters is 1. The molecule has 2 aromatic carbocycles. The van der Waals surface area contributed by atoms with Crippen LogP contribution in [0.4, 0.5) is 0 Å². The molecule has 164 valence electrons. The SMILES string of the molecule is O=C(OCc1nnnn1-c1ccccc1)C1CCN(C2=NS(=O)(=O)c3ccccc32)CC1. The number of amidine groups is 1. The molecule has 11 heteroatoms. The molecule has 0 radical (unpaired) electrons. The summed E-state index contributed by atoms with van der Waals surface area (Å²) in [6, 6.07) is 16.2. The lowest BCUT2D eigenvalue weighted by Gasteiger charge is -2.32. The zero-order valence-corrected chi connectivity index (χ0v) is 17.9. The second-order valence-corrected chi connectivity index (χ2v) is 9.17. The van der Waals surface area contributed by atoms with Gasteiger partial charge in [-0.3, -0.25) is 4.79 Å². The summed E-state index contributed by atoms with van der Waals surface area (Å²) in [5.41, 5.74) is 1.39. The van der Waals surface area contributed by atoms with Gasteiger partial charge in [-0.25, -0.2) is 0 Å². The molecule has 10 nitrogen and oxygen atoms in total. The zero-order chi connectivity index (χ0) is 22.1. The maximum absolute atomic E-state index is 12.6. The first-order valence-electron chi connectivity index (χ1n) is 10.2. The van der Waals surface area contributed by atoms with Crippen molar-refractivity contribution < 1.29 is 17.9 Å². The van der Waals surface area contributed by atoms with Crippen LogP contribution in [0.15, 0.2) is 63.9 Å². The third-order valence-corrected chi connectivity index (χ3v) is 6.94. The summed E-state index contributed by atoms with van der Waals surface area (Å²) in [6.45, 7) is 1.01. The van der Waals surface area contributed by atoms with E-state index < -0.39 is 10.0 Å². The van der Waals surface area contributed by atoms with E-state index in [1.807, 2.05) is 35.2 Å². The molecule has 2 aliphatic heterocycles. The van der Waals surface area contributed by atoms with E-state index in [4.69, 9.17) is 4.74 Å². The van der Waals surface area contributed by atoms with Crippen LogP contribution in [-0.2, 0) is 26.2 Å². The van der Waals surface area contributed by atoms with Crippen LogP contribution < -0.4 is 0 Å². The van der Waals surface area contributed by atoms with E-state index >= 15 is 0 Å². The van der Waals surface area contributed by atoms with Gasteiger partial charge in [0.2, 0.25) is 0 Å². The first kappa shape index (κ1) is 20.3. The van der Waals surface area contributed by atoms with Gasteiger partial charge >= 0.3 is 5.97 Å². The molecule has 2 aliphatic rings. The highest BCUT2D eigenvalue weighted by Crippen LogP contribution is 2.30. The van der Waals surface area contributed by atoms with Crippen molar-refractivity contribution in [2.45, 2.75) is 24.3 Å². The number of piperidine rings is 1. The number of fused-ring (bicyclic) bond motifs is 1. The van der Waals surface area contributed by atoms with Crippen LogP contribution >= 0.6 is 0 Å². The third kappa shape index (κ3) is 3.75. The Hall–Kier alpha value is -3.60. The van der Waals surface area contributed by atoms with E-state index in [1.165, 1.54) is 4.68 Å². The summed E-state index contributed by atoms with van der Waals surface area (Å²) in [6.07, 6.45) is 1.09. The van der Waals surface area contributed by atoms with Gasteiger partial charge in [0.25, 0.3) is 10.0 Å². The second kappa shape index (κ2) is 8.15. The van der Waals surface area contributed by atoms with Crippen molar-refractivity contribution in [2.24, 2.45) is 10.3 Å². The summed E-state index contributed by atoms with van der Waals surface area (Å²) >= 11 is 0. The number of hydrogen-bond donors (Lipinski definition) is 0. The Morgan fingerprint density at radius 1 is 1.03 bits per heavy atom. The summed E-state index contributed by atoms with van der Waals surface area (Å²) in [5.74, 6) is 0.299. The summed E-state index contributed by atoms with van der Waals surface area (Å²) in [4.78, 5) is 14.8. The number of ether oxygens (including phenoxy) is 1. The molecule has 3 aromatic rings. The monoisotopic (exact) mass is 452 g/mol. The molecule has 1 fully saturated rings. The van der Waals surface area contributed by atoms with Gasteiger partial charge in [0.05, 0.1) is 11.6 Å². The van der Waals surface area contributed by atoms with Gasteiger partial charge in [-0.1, -0.05) is 30.3 Å². The van der Waals surface area contributed by atoms with Crippen molar-refractivity contribution >= 4 is 21.8 Å². The fourth-order valence-corrected chi connectivity index (χ4v) is 5.19. The van der Waals surface area contributed by atoms with Crippen LogP contribution in [0.25, 0.3) is 5.69 Å². The van der Waals surface area contributed by atoms with Crippen molar-refractivity contribution in [2.75, 3.05) is 13.1 Å². The van der Waals surface area contributed by atoms with Gasteiger partial charge in [-0.2, -0.15) is 13.1 Å². The van der Waals surface area contributed by atoms with Crippen LogP contribution in [0, 0.1) is 5.92 Å². The minimum Gasteiger partial charge on any atom is -0.457 e. The summed E-state index contributed by atoms with van der Waals surface area (Å²) in [7, 11) is -3.66. The molecule has 3 heterocycles. The number of likely N-dealkylation sites (tertiary alicyclic amines) is 1. The van der Waals surface area contributed by atoms with Gasteiger partial charge in [0.1, 0.15) is 4.90 Å². The lowest BCUT2D eigenvalue weighted by Crippen LogP contribution is -2.40. The molecule has 0 bridgehead atoms. The van der Waals surface area contributed by atoms with Crippen LogP contribution in [0.5, 0.6) is 0 Å². The van der Waals surface area contributed by atoms with Crippen LogP contribution in [0.1, 0.15) is 24.2 Å². The van der Waals surface area contributed by atoms with E-state index in [0.717, 1.165) is 5.69 Å². The van der Waals surface area contributed by atoms with Crippen molar-refractivity contribution in [3.05, 3.63) is 66.0 Å². The van der Waals surface area contributed by atoms with Crippen molar-refractivity contribution in [1.82, 2.24) is 25.1 Å². The molecule has 0 unspecified atom stereocenters. The van der Waals surface area contributed by atoms with Gasteiger partial charge in [0.15, 0.2) is 18.3 Å². The lowest BCUT2D eigenvalue weighted by atomic mass is 9.96. The highest BCUT2D eigenvalue weighted by Gasteiger charge is 2.34. The maximum Gasteiger partial charge on any atom is 0.309 e. The van der Waals surface area contributed by atoms with E-state index in [1.54, 1.807) is 24.3 Å². The normalized spacial score (nSPS) is 17.6. The van der Waals surface area contributed by atoms with E-state index in [-0.39, 0.29) is 23.4 Å². The molecule has 32 heavy (non-hydrogen) atoms. The van der Waals surface area contributed by atoms with Crippen LogP contribution in [0.3, 0.4) is 0 Å². The largest absolute Gasteiger partial charge is 0.457 e. The van der Waals surface area contributed by atoms with Gasteiger partial charge in [0, 0.05) is 18.7 Å². The Morgan fingerprint density at radius 3 is 2.53 bits per heavy atom. The van der Waals surface area contributed by atoms with E-state index in [2.05, 4.69) is 19.9 Å². The predicted molar refractivity (Wildman–Crippen MR) is 113 cm³/mol. The first-order valence-corrected chi connectivity index (χ1v) is 11.7. The zero-order valence-electron chi connectivity index (χ0n) is 17.0. The highest BCUT2D eigenvalue weighted by molar-refractivity contribution is 7.90. The van der Waals surface area contributed by atoms with Gasteiger partial charge < -0.3 is 9.64 Å². The Bertz CT molecular complexity index is 1280.